The number of hydrogen-bond donors (Lipinski definition) is 0. The third kappa shape index (κ3) is 37.7. The highest BCUT2D eigenvalue weighted by molar-refractivity contribution is 7.48. The Kier molecular flexibility index (Phi) is 36.5. The van der Waals surface area contributed by atoms with Gasteiger partial charge in [-0.2, -0.15) is 0 Å². The molecule has 0 aliphatic carbocycles. The van der Waals surface area contributed by atoms with Gasteiger partial charge < -0.3 is 14.0 Å². The molecule has 0 rings (SSSR count). The van der Waals surface area contributed by atoms with Crippen LogP contribution in [-0.4, -0.2) is 76.6 Å². The van der Waals surface area contributed by atoms with Crippen LogP contribution in [0.1, 0.15) is 201 Å². The molecule has 0 saturated heterocycles. The van der Waals surface area contributed by atoms with Crippen molar-refractivity contribution in [2.45, 2.75) is 207 Å². The van der Waals surface area contributed by atoms with E-state index in [0.29, 0.717) is 17.4 Å². The van der Waals surface area contributed by atoms with Crippen LogP contribution in [0.25, 0.3) is 0 Å². The second-order valence-electron chi connectivity index (χ2n) is 16.1. The number of carbonyl (C=O) groups excluding carboxylic acids is 2. The fourth-order valence-electron chi connectivity index (χ4n) is 6.12. The molecule has 0 amide bonds. The fourth-order valence-corrected chi connectivity index (χ4v) is 7.31. The lowest BCUT2D eigenvalue weighted by Gasteiger charge is -2.25. The highest BCUT2D eigenvalue weighted by Crippen LogP contribution is 2.49. The number of phosphoric acid groups is 1. The van der Waals surface area contributed by atoms with Gasteiger partial charge in [-0.15, -0.1) is 0 Å². The number of ether oxygens (including phenoxy) is 2. The molecule has 0 fully saturated rings. The van der Waals surface area contributed by atoms with Crippen molar-refractivity contribution in [3.8, 4) is 0 Å². The van der Waals surface area contributed by atoms with Crippen molar-refractivity contribution in [1.29, 1.82) is 0 Å². The first-order valence-electron chi connectivity index (χ1n) is 22.4. The SMILES string of the molecule is CCCCCCCCC=CCCCCCCCC(=O)OC(COC(=O)CCCCCCCCCCCCCCC)COP(=O)(OCC)OCC[N+](C)(C)C. The summed E-state index contributed by atoms with van der Waals surface area (Å²) in [4.78, 5) is 25.4. The Bertz CT molecular complexity index is 938. The predicted molar refractivity (Wildman–Crippen MR) is 225 cm³/mol. The Morgan fingerprint density at radius 2 is 0.963 bits per heavy atom. The first kappa shape index (κ1) is 52.8. The first-order valence-corrected chi connectivity index (χ1v) is 23.9. The largest absolute Gasteiger partial charge is 0.475 e. The van der Waals surface area contributed by atoms with E-state index in [1.54, 1.807) is 6.92 Å². The molecule has 0 aromatic rings. The number of rotatable bonds is 41. The molecule has 10 heteroatoms. The van der Waals surface area contributed by atoms with Crippen LogP contribution in [0.4, 0.5) is 0 Å². The monoisotopic (exact) mass is 789 g/mol. The van der Waals surface area contributed by atoms with Gasteiger partial charge in [-0.25, -0.2) is 4.57 Å². The normalized spacial score (nSPS) is 13.7. The van der Waals surface area contributed by atoms with E-state index in [4.69, 9.17) is 23.0 Å². The van der Waals surface area contributed by atoms with Gasteiger partial charge in [0.1, 0.15) is 19.8 Å². The van der Waals surface area contributed by atoms with Crippen LogP contribution in [0, 0.1) is 0 Å². The van der Waals surface area contributed by atoms with E-state index in [1.807, 2.05) is 21.1 Å². The van der Waals surface area contributed by atoms with Crippen LogP contribution in [0.2, 0.25) is 0 Å². The molecule has 0 N–H and O–H groups in total. The minimum absolute atomic E-state index is 0.135. The van der Waals surface area contributed by atoms with Crippen molar-refractivity contribution in [3.05, 3.63) is 12.2 Å². The standard InChI is InChI=1S/C44H87NO8P/c1-7-10-12-14-16-18-20-22-23-25-27-29-31-33-35-37-44(47)53-42(41-52-54(48,50-9-3)51-39-38-45(4,5)6)40-49-43(46)36-34-32-30-28-26-24-21-19-17-15-13-11-8-2/h22-23,42H,7-21,24-41H2,1-6H3/q+1. The van der Waals surface area contributed by atoms with Gasteiger partial charge in [0.05, 0.1) is 34.4 Å². The van der Waals surface area contributed by atoms with Gasteiger partial charge in [0.15, 0.2) is 6.10 Å². The Morgan fingerprint density at radius 3 is 1.41 bits per heavy atom. The van der Waals surface area contributed by atoms with E-state index in [0.717, 1.165) is 57.8 Å². The molecule has 0 aliphatic heterocycles. The molecule has 54 heavy (non-hydrogen) atoms. The van der Waals surface area contributed by atoms with Crippen molar-refractivity contribution in [1.82, 2.24) is 0 Å². The van der Waals surface area contributed by atoms with Crippen LogP contribution >= 0.6 is 7.82 Å². The van der Waals surface area contributed by atoms with Gasteiger partial charge in [0.2, 0.25) is 0 Å². The van der Waals surface area contributed by atoms with Gasteiger partial charge in [-0.1, -0.05) is 154 Å². The Hall–Kier alpha value is -1.25. The van der Waals surface area contributed by atoms with Gasteiger partial charge in [-0.3, -0.25) is 23.2 Å². The van der Waals surface area contributed by atoms with Crippen LogP contribution in [0.15, 0.2) is 12.2 Å². The summed E-state index contributed by atoms with van der Waals surface area (Å²) in [5, 5.41) is 0. The molecule has 320 valence electrons. The summed E-state index contributed by atoms with van der Waals surface area (Å²) < 4.78 is 41.7. The van der Waals surface area contributed by atoms with E-state index >= 15 is 0 Å². The molecule has 0 heterocycles. The number of phosphoric ester groups is 1. The van der Waals surface area contributed by atoms with Gasteiger partial charge in [0.25, 0.3) is 0 Å². The predicted octanol–water partition coefficient (Wildman–Crippen LogP) is 12.8. The molecular formula is C44H87NO8P+. The number of hydrogen-bond acceptors (Lipinski definition) is 8. The summed E-state index contributed by atoms with van der Waals surface area (Å²) >= 11 is 0. The lowest BCUT2D eigenvalue weighted by molar-refractivity contribution is -0.870. The summed E-state index contributed by atoms with van der Waals surface area (Å²) in [6.45, 7) is 6.71. The molecule has 0 bridgehead atoms. The van der Waals surface area contributed by atoms with E-state index in [2.05, 4.69) is 26.0 Å². The van der Waals surface area contributed by atoms with E-state index < -0.39 is 13.9 Å². The van der Waals surface area contributed by atoms with Crippen molar-refractivity contribution < 1.29 is 41.7 Å². The molecule has 2 atom stereocenters. The van der Waals surface area contributed by atoms with Crippen molar-refractivity contribution in [2.75, 3.05) is 54.1 Å². The third-order valence-corrected chi connectivity index (χ3v) is 11.1. The molecule has 9 nitrogen and oxygen atoms in total. The fraction of sp³-hybridized carbons (Fsp3) is 0.909. The van der Waals surface area contributed by atoms with Crippen molar-refractivity contribution in [2.24, 2.45) is 0 Å². The maximum atomic E-state index is 13.3. The molecule has 0 aliphatic rings. The molecule has 2 unspecified atom stereocenters. The average molecular weight is 789 g/mol. The zero-order valence-corrected chi connectivity index (χ0v) is 37.1. The zero-order chi connectivity index (χ0) is 40.0. The molecule has 0 saturated carbocycles. The van der Waals surface area contributed by atoms with E-state index in [-0.39, 0.29) is 44.8 Å². The van der Waals surface area contributed by atoms with Gasteiger partial charge in [-0.05, 0) is 45.4 Å². The summed E-state index contributed by atoms with van der Waals surface area (Å²) in [5.41, 5.74) is 0. The maximum absolute atomic E-state index is 13.3. The Balaban J connectivity index is 4.57. The number of unbranched alkanes of at least 4 members (excludes halogenated alkanes) is 23. The molecular weight excluding hydrogens is 701 g/mol. The summed E-state index contributed by atoms with van der Waals surface area (Å²) in [6.07, 6.45) is 35.8. The van der Waals surface area contributed by atoms with Crippen molar-refractivity contribution in [3.63, 3.8) is 0 Å². The third-order valence-electron chi connectivity index (χ3n) is 9.57. The lowest BCUT2D eigenvalue weighted by Crippen LogP contribution is -2.37. The second-order valence-corrected chi connectivity index (χ2v) is 17.8. The molecule has 0 spiro atoms. The van der Waals surface area contributed by atoms with Crippen molar-refractivity contribution >= 4 is 19.8 Å². The number of quaternary nitrogens is 1. The summed E-state index contributed by atoms with van der Waals surface area (Å²) in [5.74, 6) is -0.713. The first-order chi connectivity index (χ1) is 26.0. The maximum Gasteiger partial charge on any atom is 0.475 e. The number of allylic oxidation sites excluding steroid dienone is 2. The van der Waals surface area contributed by atoms with Gasteiger partial charge in [0, 0.05) is 12.8 Å². The highest BCUT2D eigenvalue weighted by Gasteiger charge is 2.30. The van der Waals surface area contributed by atoms with Crippen LogP contribution in [0.3, 0.4) is 0 Å². The smallest absolute Gasteiger partial charge is 0.462 e. The molecule has 0 aromatic heterocycles. The quantitative estimate of drug-likeness (QED) is 0.0199. The topological polar surface area (TPSA) is 97.4 Å². The number of esters is 2. The number of nitrogens with zero attached hydrogens (tertiary/aromatic N) is 1. The van der Waals surface area contributed by atoms with E-state index in [9.17, 15) is 14.2 Å². The Morgan fingerprint density at radius 1 is 0.537 bits per heavy atom. The van der Waals surface area contributed by atoms with Crippen LogP contribution in [0.5, 0.6) is 0 Å². The molecule has 0 radical (unpaired) electrons. The van der Waals surface area contributed by atoms with Crippen LogP contribution < -0.4 is 0 Å². The number of likely N-dealkylation sites (N-methyl/N-ethyl adjacent to an activating group) is 1. The highest BCUT2D eigenvalue weighted by atomic mass is 31.2. The average Bonchev–Trinajstić information content (AvgIpc) is 3.12. The second kappa shape index (κ2) is 37.3. The minimum atomic E-state index is -3.89. The zero-order valence-electron chi connectivity index (χ0n) is 36.2. The Labute approximate surface area is 333 Å². The minimum Gasteiger partial charge on any atom is -0.462 e. The lowest BCUT2D eigenvalue weighted by atomic mass is 10.0. The summed E-state index contributed by atoms with van der Waals surface area (Å²) in [6, 6.07) is 0. The summed E-state index contributed by atoms with van der Waals surface area (Å²) in [7, 11) is 2.13. The van der Waals surface area contributed by atoms with E-state index in [1.165, 1.54) is 109 Å². The van der Waals surface area contributed by atoms with Gasteiger partial charge >= 0.3 is 19.8 Å². The number of carbonyl (C=O) groups is 2. The van der Waals surface area contributed by atoms with Crippen LogP contribution in [-0.2, 0) is 37.2 Å². The molecule has 0 aromatic carbocycles.